The van der Waals surface area contributed by atoms with Crippen molar-refractivity contribution in [2.24, 2.45) is 5.92 Å². The number of hydrogen-bond donors (Lipinski definition) is 2. The molecule has 1 rings (SSSR count). The van der Waals surface area contributed by atoms with Crippen LogP contribution in [-0.2, 0) is 9.59 Å². The number of carbonyl (C=O) groups is 2. The molecule has 2 amide bonds. The summed E-state index contributed by atoms with van der Waals surface area (Å²) in [5.74, 6) is -0.358. The summed E-state index contributed by atoms with van der Waals surface area (Å²) in [5, 5.41) is 5.48. The summed E-state index contributed by atoms with van der Waals surface area (Å²) in [4.78, 5) is 24.4. The molecule has 0 radical (unpaired) electrons. The van der Waals surface area contributed by atoms with Crippen molar-refractivity contribution in [1.82, 2.24) is 5.32 Å². The van der Waals surface area contributed by atoms with Gasteiger partial charge in [0, 0.05) is 17.5 Å². The molecule has 0 saturated heterocycles. The van der Waals surface area contributed by atoms with Crippen LogP contribution in [0.1, 0.15) is 20.8 Å². The second-order valence-electron chi connectivity index (χ2n) is 4.64. The van der Waals surface area contributed by atoms with Gasteiger partial charge in [-0.25, -0.2) is 0 Å². The summed E-state index contributed by atoms with van der Waals surface area (Å²) in [6, 6.07) is 7.09. The molecule has 1 aromatic rings. The average molecular weight is 280 g/mol. The molecule has 0 saturated carbocycles. The number of thioether (sulfide) groups is 1. The van der Waals surface area contributed by atoms with E-state index in [1.54, 1.807) is 11.8 Å². The Bertz CT molecular complexity index is 443. The molecule has 0 heterocycles. The van der Waals surface area contributed by atoms with Crippen molar-refractivity contribution in [3.8, 4) is 0 Å². The number of rotatable bonds is 5. The standard InChI is InChI=1S/C14H20N2O2S/c1-9(2)13(15-10(3)17)14(18)16-11-5-7-12(19-4)8-6-11/h5-9,13H,1-4H3,(H,15,17)(H,16,18)/t13-/m1/s1. The van der Waals surface area contributed by atoms with Gasteiger partial charge in [-0.3, -0.25) is 9.59 Å². The molecule has 5 heteroatoms. The largest absolute Gasteiger partial charge is 0.344 e. The monoisotopic (exact) mass is 280 g/mol. The van der Waals surface area contributed by atoms with E-state index in [4.69, 9.17) is 0 Å². The zero-order valence-electron chi connectivity index (χ0n) is 11.7. The topological polar surface area (TPSA) is 58.2 Å². The molecule has 104 valence electrons. The maximum atomic E-state index is 12.1. The molecule has 0 aliphatic carbocycles. The summed E-state index contributed by atoms with van der Waals surface area (Å²) in [6.07, 6.45) is 2.00. The van der Waals surface area contributed by atoms with Crippen molar-refractivity contribution in [1.29, 1.82) is 0 Å². The highest BCUT2D eigenvalue weighted by atomic mass is 32.2. The van der Waals surface area contributed by atoms with Crippen LogP contribution in [0.3, 0.4) is 0 Å². The normalized spacial score (nSPS) is 12.1. The number of benzene rings is 1. The third kappa shape index (κ3) is 4.95. The number of hydrogen-bond acceptors (Lipinski definition) is 3. The van der Waals surface area contributed by atoms with Crippen molar-refractivity contribution in [2.45, 2.75) is 31.7 Å². The smallest absolute Gasteiger partial charge is 0.247 e. The minimum absolute atomic E-state index is 0.0365. The Morgan fingerprint density at radius 2 is 1.74 bits per heavy atom. The fourth-order valence-corrected chi connectivity index (χ4v) is 2.06. The lowest BCUT2D eigenvalue weighted by Crippen LogP contribution is -2.46. The van der Waals surface area contributed by atoms with Gasteiger partial charge in [-0.05, 0) is 36.4 Å². The van der Waals surface area contributed by atoms with Crippen LogP contribution in [0.4, 0.5) is 5.69 Å². The highest BCUT2D eigenvalue weighted by Crippen LogP contribution is 2.18. The summed E-state index contributed by atoms with van der Waals surface area (Å²) in [6.45, 7) is 5.21. The van der Waals surface area contributed by atoms with Crippen LogP contribution in [0.15, 0.2) is 29.2 Å². The first-order valence-electron chi connectivity index (χ1n) is 6.16. The Kier molecular flexibility index (Phi) is 5.89. The molecule has 0 unspecified atom stereocenters. The van der Waals surface area contributed by atoms with Crippen molar-refractivity contribution in [3.05, 3.63) is 24.3 Å². The van der Waals surface area contributed by atoms with E-state index in [-0.39, 0.29) is 17.7 Å². The van der Waals surface area contributed by atoms with Gasteiger partial charge >= 0.3 is 0 Å². The fourth-order valence-electron chi connectivity index (χ4n) is 1.65. The second kappa shape index (κ2) is 7.19. The SMILES string of the molecule is CSc1ccc(NC(=O)[C@H](NC(C)=O)C(C)C)cc1. The molecular weight excluding hydrogens is 260 g/mol. The van der Waals surface area contributed by atoms with Gasteiger partial charge in [0.25, 0.3) is 0 Å². The molecule has 0 aromatic heterocycles. The van der Waals surface area contributed by atoms with Crippen LogP contribution in [0.5, 0.6) is 0 Å². The predicted molar refractivity (Wildman–Crippen MR) is 79.3 cm³/mol. The second-order valence-corrected chi connectivity index (χ2v) is 5.52. The first-order chi connectivity index (χ1) is 8.93. The Hall–Kier alpha value is -1.49. The highest BCUT2D eigenvalue weighted by molar-refractivity contribution is 7.98. The molecule has 0 fully saturated rings. The van der Waals surface area contributed by atoms with Gasteiger partial charge in [0.15, 0.2) is 0 Å². The minimum atomic E-state index is -0.516. The van der Waals surface area contributed by atoms with E-state index in [1.807, 2.05) is 44.4 Å². The third-order valence-electron chi connectivity index (χ3n) is 2.67. The molecule has 0 spiro atoms. The average Bonchev–Trinajstić information content (AvgIpc) is 2.36. The van der Waals surface area contributed by atoms with Crippen molar-refractivity contribution in [2.75, 3.05) is 11.6 Å². The molecule has 4 nitrogen and oxygen atoms in total. The van der Waals surface area contributed by atoms with E-state index in [2.05, 4.69) is 10.6 Å². The number of anilines is 1. The van der Waals surface area contributed by atoms with Crippen molar-refractivity contribution < 1.29 is 9.59 Å². The van der Waals surface area contributed by atoms with Crippen LogP contribution < -0.4 is 10.6 Å². The maximum absolute atomic E-state index is 12.1. The lowest BCUT2D eigenvalue weighted by Gasteiger charge is -2.20. The van der Waals surface area contributed by atoms with E-state index in [1.165, 1.54) is 6.92 Å². The molecule has 1 aromatic carbocycles. The molecule has 0 bridgehead atoms. The van der Waals surface area contributed by atoms with Crippen LogP contribution in [0, 0.1) is 5.92 Å². The molecule has 19 heavy (non-hydrogen) atoms. The van der Waals surface area contributed by atoms with Crippen LogP contribution in [0.25, 0.3) is 0 Å². The molecule has 0 aliphatic rings. The molecule has 0 aliphatic heterocycles. The van der Waals surface area contributed by atoms with Crippen LogP contribution in [0.2, 0.25) is 0 Å². The number of nitrogens with one attached hydrogen (secondary N) is 2. The number of carbonyl (C=O) groups excluding carboxylic acids is 2. The van der Waals surface area contributed by atoms with Gasteiger partial charge in [-0.15, -0.1) is 11.8 Å². The van der Waals surface area contributed by atoms with Crippen LogP contribution in [-0.4, -0.2) is 24.1 Å². The zero-order chi connectivity index (χ0) is 14.4. The zero-order valence-corrected chi connectivity index (χ0v) is 12.5. The predicted octanol–water partition coefficient (Wildman–Crippen LogP) is 2.51. The molecular formula is C14H20N2O2S. The van der Waals surface area contributed by atoms with Gasteiger partial charge < -0.3 is 10.6 Å². The lowest BCUT2D eigenvalue weighted by atomic mass is 10.0. The Labute approximate surface area is 118 Å². The Balaban J connectivity index is 2.72. The first kappa shape index (κ1) is 15.6. The van der Waals surface area contributed by atoms with Gasteiger partial charge in [0.1, 0.15) is 6.04 Å². The molecule has 2 N–H and O–H groups in total. The third-order valence-corrected chi connectivity index (χ3v) is 3.41. The highest BCUT2D eigenvalue weighted by Gasteiger charge is 2.22. The summed E-state index contributed by atoms with van der Waals surface area (Å²) >= 11 is 1.65. The molecule has 1 atom stereocenters. The Morgan fingerprint density at radius 1 is 1.16 bits per heavy atom. The van der Waals surface area contributed by atoms with E-state index in [0.29, 0.717) is 0 Å². The summed E-state index contributed by atoms with van der Waals surface area (Å²) in [5.41, 5.74) is 0.735. The maximum Gasteiger partial charge on any atom is 0.247 e. The quantitative estimate of drug-likeness (QED) is 0.815. The van der Waals surface area contributed by atoms with Gasteiger partial charge in [0.2, 0.25) is 11.8 Å². The van der Waals surface area contributed by atoms with E-state index in [0.717, 1.165) is 10.6 Å². The Morgan fingerprint density at radius 3 is 2.16 bits per heavy atom. The van der Waals surface area contributed by atoms with Crippen molar-refractivity contribution in [3.63, 3.8) is 0 Å². The fraction of sp³-hybridized carbons (Fsp3) is 0.429. The van der Waals surface area contributed by atoms with E-state index >= 15 is 0 Å². The summed E-state index contributed by atoms with van der Waals surface area (Å²) < 4.78 is 0. The van der Waals surface area contributed by atoms with Gasteiger partial charge in [-0.1, -0.05) is 13.8 Å². The van der Waals surface area contributed by atoms with E-state index in [9.17, 15) is 9.59 Å². The van der Waals surface area contributed by atoms with Gasteiger partial charge in [-0.2, -0.15) is 0 Å². The number of amides is 2. The summed E-state index contributed by atoms with van der Waals surface area (Å²) in [7, 11) is 0. The van der Waals surface area contributed by atoms with Gasteiger partial charge in [0.05, 0.1) is 0 Å². The van der Waals surface area contributed by atoms with E-state index < -0.39 is 6.04 Å². The lowest BCUT2D eigenvalue weighted by molar-refractivity contribution is -0.126. The van der Waals surface area contributed by atoms with Crippen molar-refractivity contribution >= 4 is 29.3 Å². The minimum Gasteiger partial charge on any atom is -0.344 e. The first-order valence-corrected chi connectivity index (χ1v) is 7.38. The van der Waals surface area contributed by atoms with Crippen LogP contribution >= 0.6 is 11.8 Å².